The number of nitrogens with zero attached hydrogens (tertiary/aromatic N) is 1. The predicted molar refractivity (Wildman–Crippen MR) is 60.7 cm³/mol. The minimum absolute atomic E-state index is 0.245. The number of rotatable bonds is 4. The molecule has 0 radical (unpaired) electrons. The molecular formula is C11H14F3N3O. The van der Waals surface area contributed by atoms with Gasteiger partial charge in [0, 0.05) is 6.20 Å². The summed E-state index contributed by atoms with van der Waals surface area (Å²) in [7, 11) is 0. The van der Waals surface area contributed by atoms with Crippen LogP contribution in [0, 0.1) is 5.92 Å². The standard InChI is InChI=1S/C11H14F3N3O/c1-6(2)8(9(15)18)17-10-7(11(12,13)14)4-3-5-16-10/h3-6,8H,1-2H3,(H2,15,18)(H,16,17). The molecule has 0 saturated heterocycles. The summed E-state index contributed by atoms with van der Waals surface area (Å²) in [4.78, 5) is 14.8. The summed E-state index contributed by atoms with van der Waals surface area (Å²) >= 11 is 0. The molecule has 1 heterocycles. The Morgan fingerprint density at radius 2 is 2.06 bits per heavy atom. The van der Waals surface area contributed by atoms with Crippen LogP contribution in [-0.2, 0) is 11.0 Å². The zero-order chi connectivity index (χ0) is 13.9. The zero-order valence-electron chi connectivity index (χ0n) is 9.95. The molecule has 7 heteroatoms. The van der Waals surface area contributed by atoms with E-state index >= 15 is 0 Å². The van der Waals surface area contributed by atoms with E-state index in [1.165, 1.54) is 12.3 Å². The van der Waals surface area contributed by atoms with Crippen molar-refractivity contribution in [3.8, 4) is 0 Å². The average molecular weight is 261 g/mol. The van der Waals surface area contributed by atoms with Gasteiger partial charge in [0.2, 0.25) is 5.91 Å². The maximum absolute atomic E-state index is 12.7. The molecule has 1 atom stereocenters. The Labute approximate surface area is 102 Å². The van der Waals surface area contributed by atoms with Gasteiger partial charge in [-0.05, 0) is 18.1 Å². The van der Waals surface area contributed by atoms with Crippen molar-refractivity contribution in [1.82, 2.24) is 4.98 Å². The van der Waals surface area contributed by atoms with Crippen LogP contribution in [0.1, 0.15) is 19.4 Å². The largest absolute Gasteiger partial charge is 0.419 e. The van der Waals surface area contributed by atoms with Crippen LogP contribution in [0.15, 0.2) is 18.3 Å². The van der Waals surface area contributed by atoms with Crippen LogP contribution in [0.25, 0.3) is 0 Å². The first-order valence-electron chi connectivity index (χ1n) is 5.31. The number of hydrogen-bond acceptors (Lipinski definition) is 3. The molecule has 0 aliphatic rings. The second-order valence-electron chi connectivity index (χ2n) is 4.17. The van der Waals surface area contributed by atoms with Gasteiger partial charge >= 0.3 is 6.18 Å². The zero-order valence-corrected chi connectivity index (χ0v) is 9.95. The molecule has 0 aromatic carbocycles. The minimum atomic E-state index is -4.53. The fourth-order valence-electron chi connectivity index (χ4n) is 1.46. The lowest BCUT2D eigenvalue weighted by Gasteiger charge is -2.21. The Bertz CT molecular complexity index is 432. The third-order valence-electron chi connectivity index (χ3n) is 2.38. The van der Waals surface area contributed by atoms with Crippen LogP contribution in [0.4, 0.5) is 19.0 Å². The molecule has 18 heavy (non-hydrogen) atoms. The molecule has 1 unspecified atom stereocenters. The first-order chi connectivity index (χ1) is 8.23. The SMILES string of the molecule is CC(C)C(Nc1ncccc1C(F)(F)F)C(N)=O. The van der Waals surface area contributed by atoms with Crippen LogP contribution in [0.2, 0.25) is 0 Å². The Balaban J connectivity index is 3.07. The van der Waals surface area contributed by atoms with Crippen LogP contribution < -0.4 is 11.1 Å². The van der Waals surface area contributed by atoms with E-state index in [9.17, 15) is 18.0 Å². The van der Waals surface area contributed by atoms with Gasteiger partial charge in [0.25, 0.3) is 0 Å². The number of aromatic nitrogens is 1. The molecule has 4 nitrogen and oxygen atoms in total. The molecule has 0 aliphatic carbocycles. The number of primary amides is 1. The predicted octanol–water partition coefficient (Wildman–Crippen LogP) is 2.02. The Hall–Kier alpha value is -1.79. The van der Waals surface area contributed by atoms with E-state index < -0.39 is 23.7 Å². The third-order valence-corrected chi connectivity index (χ3v) is 2.38. The van der Waals surface area contributed by atoms with Gasteiger partial charge in [0.15, 0.2) is 0 Å². The average Bonchev–Trinajstić information content (AvgIpc) is 2.24. The molecule has 100 valence electrons. The number of hydrogen-bond donors (Lipinski definition) is 2. The van der Waals surface area contributed by atoms with Crippen molar-refractivity contribution in [3.05, 3.63) is 23.9 Å². The normalized spacial score (nSPS) is 13.4. The molecule has 1 aromatic heterocycles. The maximum atomic E-state index is 12.7. The Morgan fingerprint density at radius 3 is 2.50 bits per heavy atom. The molecule has 1 amide bonds. The molecule has 0 spiro atoms. The highest BCUT2D eigenvalue weighted by molar-refractivity contribution is 5.83. The van der Waals surface area contributed by atoms with Gasteiger partial charge in [-0.1, -0.05) is 13.8 Å². The topological polar surface area (TPSA) is 68.0 Å². The van der Waals surface area contributed by atoms with Gasteiger partial charge in [-0.25, -0.2) is 4.98 Å². The maximum Gasteiger partial charge on any atom is 0.419 e. The van der Waals surface area contributed by atoms with E-state index in [2.05, 4.69) is 10.3 Å². The fourth-order valence-corrected chi connectivity index (χ4v) is 1.46. The summed E-state index contributed by atoms with van der Waals surface area (Å²) in [5.74, 6) is -1.35. The monoisotopic (exact) mass is 261 g/mol. The summed E-state index contributed by atoms with van der Waals surface area (Å²) in [6, 6.07) is 1.18. The van der Waals surface area contributed by atoms with E-state index in [1.807, 2.05) is 0 Å². The highest BCUT2D eigenvalue weighted by atomic mass is 19.4. The fraction of sp³-hybridized carbons (Fsp3) is 0.455. The number of anilines is 1. The second-order valence-corrected chi connectivity index (χ2v) is 4.17. The van der Waals surface area contributed by atoms with Crippen molar-refractivity contribution in [2.75, 3.05) is 5.32 Å². The number of halogens is 3. The molecule has 1 aromatic rings. The highest BCUT2D eigenvalue weighted by Crippen LogP contribution is 2.33. The smallest absolute Gasteiger partial charge is 0.368 e. The lowest BCUT2D eigenvalue weighted by Crippen LogP contribution is -2.40. The summed E-state index contributed by atoms with van der Waals surface area (Å²) in [6.45, 7) is 3.36. The Kier molecular flexibility index (Phi) is 4.15. The lowest BCUT2D eigenvalue weighted by atomic mass is 10.0. The van der Waals surface area contributed by atoms with E-state index in [4.69, 9.17) is 5.73 Å². The van der Waals surface area contributed by atoms with Crippen molar-refractivity contribution < 1.29 is 18.0 Å². The summed E-state index contributed by atoms with van der Waals surface area (Å²) in [6.07, 6.45) is -3.31. The van der Waals surface area contributed by atoms with Gasteiger partial charge in [0.1, 0.15) is 11.9 Å². The van der Waals surface area contributed by atoms with Gasteiger partial charge in [-0.2, -0.15) is 13.2 Å². The van der Waals surface area contributed by atoms with Crippen LogP contribution in [0.5, 0.6) is 0 Å². The summed E-state index contributed by atoms with van der Waals surface area (Å²) in [5.41, 5.74) is 4.21. The summed E-state index contributed by atoms with van der Waals surface area (Å²) < 4.78 is 38.1. The van der Waals surface area contributed by atoms with Crippen molar-refractivity contribution in [3.63, 3.8) is 0 Å². The van der Waals surface area contributed by atoms with E-state index in [1.54, 1.807) is 13.8 Å². The number of pyridine rings is 1. The molecule has 0 bridgehead atoms. The summed E-state index contributed by atoms with van der Waals surface area (Å²) in [5, 5.41) is 2.45. The lowest BCUT2D eigenvalue weighted by molar-refractivity contribution is -0.137. The second kappa shape index (κ2) is 5.24. The van der Waals surface area contributed by atoms with Gasteiger partial charge in [-0.15, -0.1) is 0 Å². The first-order valence-corrected chi connectivity index (χ1v) is 5.31. The van der Waals surface area contributed by atoms with Gasteiger partial charge in [0.05, 0.1) is 5.56 Å². The molecule has 1 rings (SSSR count). The molecule has 3 N–H and O–H groups in total. The molecule has 0 fully saturated rings. The minimum Gasteiger partial charge on any atom is -0.368 e. The number of carbonyl (C=O) groups excluding carboxylic acids is 1. The van der Waals surface area contributed by atoms with Crippen molar-refractivity contribution in [2.45, 2.75) is 26.1 Å². The number of alkyl halides is 3. The number of amides is 1. The van der Waals surface area contributed by atoms with E-state index in [-0.39, 0.29) is 11.7 Å². The molecule has 0 aliphatic heterocycles. The Morgan fingerprint density at radius 1 is 1.44 bits per heavy atom. The van der Waals surface area contributed by atoms with Crippen molar-refractivity contribution in [2.24, 2.45) is 11.7 Å². The first kappa shape index (κ1) is 14.3. The van der Waals surface area contributed by atoms with Crippen molar-refractivity contribution in [1.29, 1.82) is 0 Å². The number of nitrogens with two attached hydrogens (primary N) is 1. The van der Waals surface area contributed by atoms with E-state index in [0.717, 1.165) is 6.07 Å². The van der Waals surface area contributed by atoms with Crippen molar-refractivity contribution >= 4 is 11.7 Å². The van der Waals surface area contributed by atoms with Crippen LogP contribution >= 0.6 is 0 Å². The highest BCUT2D eigenvalue weighted by Gasteiger charge is 2.35. The number of nitrogens with one attached hydrogen (secondary N) is 1. The molecule has 0 saturated carbocycles. The molecular weight excluding hydrogens is 247 g/mol. The van der Waals surface area contributed by atoms with Crippen LogP contribution in [0.3, 0.4) is 0 Å². The third kappa shape index (κ3) is 3.35. The van der Waals surface area contributed by atoms with Crippen LogP contribution in [-0.4, -0.2) is 16.9 Å². The quantitative estimate of drug-likeness (QED) is 0.871. The van der Waals surface area contributed by atoms with Gasteiger partial charge in [-0.3, -0.25) is 4.79 Å². The van der Waals surface area contributed by atoms with E-state index in [0.29, 0.717) is 0 Å². The number of carbonyl (C=O) groups is 1. The van der Waals surface area contributed by atoms with Gasteiger partial charge < -0.3 is 11.1 Å².